The maximum absolute atomic E-state index is 12.2. The minimum absolute atomic E-state index is 0.0246. The molecule has 2 aliphatic heterocycles. The summed E-state index contributed by atoms with van der Waals surface area (Å²) >= 11 is 5.94. The van der Waals surface area contributed by atoms with Gasteiger partial charge in [-0.1, -0.05) is 11.6 Å². The summed E-state index contributed by atoms with van der Waals surface area (Å²) in [6.07, 6.45) is 0. The van der Waals surface area contributed by atoms with Crippen LogP contribution in [0.5, 0.6) is 0 Å². The molecule has 4 rings (SSSR count). The molecule has 22 heavy (non-hydrogen) atoms. The number of aromatic amines is 1. The van der Waals surface area contributed by atoms with Gasteiger partial charge in [-0.05, 0) is 18.2 Å². The molecule has 1 aromatic carbocycles. The number of carbonyl (C=O) groups is 1. The number of hydrogen-bond donors (Lipinski definition) is 2. The van der Waals surface area contributed by atoms with E-state index in [4.69, 9.17) is 11.6 Å². The number of pyridine rings is 1. The summed E-state index contributed by atoms with van der Waals surface area (Å²) < 4.78 is 0. The van der Waals surface area contributed by atoms with Gasteiger partial charge in [0, 0.05) is 59.8 Å². The molecule has 0 spiro atoms. The molecule has 3 heterocycles. The zero-order chi connectivity index (χ0) is 15.3. The van der Waals surface area contributed by atoms with Gasteiger partial charge in [-0.15, -0.1) is 0 Å². The third-order valence-corrected chi connectivity index (χ3v) is 4.87. The Kier molecular flexibility index (Phi) is 3.20. The van der Waals surface area contributed by atoms with Crippen LogP contribution in [0.4, 0.5) is 0 Å². The molecular formula is C16H16ClN3O2. The second kappa shape index (κ2) is 5.11. The number of carbonyl (C=O) groups excluding carboxylic acids is 1. The monoisotopic (exact) mass is 317 g/mol. The first-order valence-corrected chi connectivity index (χ1v) is 7.79. The Morgan fingerprint density at radius 1 is 1.23 bits per heavy atom. The van der Waals surface area contributed by atoms with E-state index < -0.39 is 0 Å². The van der Waals surface area contributed by atoms with Crippen molar-refractivity contribution in [3.05, 3.63) is 45.2 Å². The number of nitrogens with zero attached hydrogens (tertiary/aromatic N) is 1. The van der Waals surface area contributed by atoms with Crippen LogP contribution >= 0.6 is 11.6 Å². The maximum atomic E-state index is 12.2. The Hall–Kier alpha value is -1.85. The molecule has 114 valence electrons. The van der Waals surface area contributed by atoms with E-state index in [0.717, 1.165) is 30.8 Å². The largest absolute Gasteiger partial charge is 0.357 e. The first-order chi connectivity index (χ1) is 10.6. The van der Waals surface area contributed by atoms with Crippen molar-refractivity contribution in [2.45, 2.75) is 6.54 Å². The Morgan fingerprint density at radius 2 is 2.09 bits per heavy atom. The molecule has 2 aliphatic rings. The zero-order valence-corrected chi connectivity index (χ0v) is 12.7. The Labute approximate surface area is 132 Å². The Bertz CT molecular complexity index is 817. The van der Waals surface area contributed by atoms with E-state index in [0.29, 0.717) is 22.9 Å². The van der Waals surface area contributed by atoms with E-state index in [2.05, 4.69) is 15.2 Å². The van der Waals surface area contributed by atoms with E-state index >= 15 is 0 Å². The minimum atomic E-state index is -0.0246. The van der Waals surface area contributed by atoms with Crippen molar-refractivity contribution in [1.29, 1.82) is 0 Å². The second-order valence-corrected chi connectivity index (χ2v) is 6.59. The van der Waals surface area contributed by atoms with Gasteiger partial charge in [0.25, 0.3) is 0 Å². The normalized spacial score (nSPS) is 24.7. The van der Waals surface area contributed by atoms with Crippen LogP contribution in [0.3, 0.4) is 0 Å². The molecule has 0 saturated carbocycles. The topological polar surface area (TPSA) is 65.2 Å². The van der Waals surface area contributed by atoms with Crippen LogP contribution in [0.15, 0.2) is 29.1 Å². The third-order valence-electron chi connectivity index (χ3n) is 4.63. The van der Waals surface area contributed by atoms with E-state index in [1.54, 1.807) is 18.2 Å². The van der Waals surface area contributed by atoms with Crippen LogP contribution < -0.4 is 10.7 Å². The van der Waals surface area contributed by atoms with Gasteiger partial charge in [0.2, 0.25) is 5.91 Å². The molecule has 2 saturated heterocycles. The summed E-state index contributed by atoms with van der Waals surface area (Å²) in [6, 6.07) is 6.92. The SMILES string of the molecule is O=C1NC[C@H]2CN(Cc3cc(=O)c4cc(Cl)ccc4[nH]3)C[C@@H]12. The molecule has 0 radical (unpaired) electrons. The summed E-state index contributed by atoms with van der Waals surface area (Å²) in [5, 5.41) is 4.07. The van der Waals surface area contributed by atoms with Crippen molar-refractivity contribution in [1.82, 2.24) is 15.2 Å². The number of H-pyrrole nitrogens is 1. The van der Waals surface area contributed by atoms with E-state index in [9.17, 15) is 9.59 Å². The molecule has 0 unspecified atom stereocenters. The first-order valence-electron chi connectivity index (χ1n) is 7.42. The highest BCUT2D eigenvalue weighted by molar-refractivity contribution is 6.31. The third kappa shape index (κ3) is 2.30. The second-order valence-electron chi connectivity index (χ2n) is 6.15. The zero-order valence-electron chi connectivity index (χ0n) is 11.9. The van der Waals surface area contributed by atoms with Gasteiger partial charge in [0.05, 0.1) is 5.92 Å². The lowest BCUT2D eigenvalue weighted by Gasteiger charge is -2.17. The minimum Gasteiger partial charge on any atom is -0.357 e. The molecular weight excluding hydrogens is 302 g/mol. The maximum Gasteiger partial charge on any atom is 0.224 e. The van der Waals surface area contributed by atoms with Crippen molar-refractivity contribution in [3.8, 4) is 0 Å². The number of likely N-dealkylation sites (tertiary alicyclic amines) is 1. The molecule has 6 heteroatoms. The molecule has 1 amide bonds. The highest BCUT2D eigenvalue weighted by atomic mass is 35.5. The average Bonchev–Trinajstić information content (AvgIpc) is 3.02. The van der Waals surface area contributed by atoms with Gasteiger partial charge in [-0.3, -0.25) is 14.5 Å². The quantitative estimate of drug-likeness (QED) is 0.879. The highest BCUT2D eigenvalue weighted by Gasteiger charge is 2.41. The lowest BCUT2D eigenvalue weighted by molar-refractivity contribution is -0.122. The van der Waals surface area contributed by atoms with Crippen molar-refractivity contribution in [2.24, 2.45) is 11.8 Å². The van der Waals surface area contributed by atoms with Crippen molar-refractivity contribution in [3.63, 3.8) is 0 Å². The number of halogens is 1. The summed E-state index contributed by atoms with van der Waals surface area (Å²) in [4.78, 5) is 29.5. The molecule has 2 aromatic rings. The fraction of sp³-hybridized carbons (Fsp3) is 0.375. The number of fused-ring (bicyclic) bond motifs is 2. The molecule has 2 N–H and O–H groups in total. The van der Waals surface area contributed by atoms with Gasteiger partial charge >= 0.3 is 0 Å². The fourth-order valence-electron chi connectivity index (χ4n) is 3.56. The average molecular weight is 318 g/mol. The summed E-state index contributed by atoms with van der Waals surface area (Å²) in [5.74, 6) is 0.665. The first kappa shape index (κ1) is 13.8. The number of hydrogen-bond acceptors (Lipinski definition) is 3. The van der Waals surface area contributed by atoms with Gasteiger partial charge in [-0.25, -0.2) is 0 Å². The number of nitrogens with one attached hydrogen (secondary N) is 2. The van der Waals surface area contributed by atoms with Crippen LogP contribution in [0, 0.1) is 11.8 Å². The van der Waals surface area contributed by atoms with Crippen LogP contribution in [-0.4, -0.2) is 35.4 Å². The van der Waals surface area contributed by atoms with Crippen LogP contribution in [0.1, 0.15) is 5.69 Å². The molecule has 1 aromatic heterocycles. The summed E-state index contributed by atoms with van der Waals surface area (Å²) in [5.41, 5.74) is 1.65. The van der Waals surface area contributed by atoms with Crippen LogP contribution in [0.25, 0.3) is 10.9 Å². The Morgan fingerprint density at radius 3 is 2.91 bits per heavy atom. The Balaban J connectivity index is 1.59. The van der Waals surface area contributed by atoms with Crippen molar-refractivity contribution in [2.75, 3.05) is 19.6 Å². The summed E-state index contributed by atoms with van der Waals surface area (Å²) in [6.45, 7) is 3.09. The predicted molar refractivity (Wildman–Crippen MR) is 84.8 cm³/mol. The molecule has 2 fully saturated rings. The van der Waals surface area contributed by atoms with Crippen LogP contribution in [-0.2, 0) is 11.3 Å². The van der Waals surface area contributed by atoms with E-state index in [1.807, 2.05) is 6.07 Å². The number of benzene rings is 1. The standard InChI is InChI=1S/C16H16ClN3O2/c17-10-1-2-14-12(3-10)15(21)4-11(19-14)7-20-6-9-5-18-16(22)13(9)8-20/h1-4,9,13H,5-8H2,(H,18,22)(H,19,21)/t9-,13+/m0/s1. The smallest absolute Gasteiger partial charge is 0.224 e. The van der Waals surface area contributed by atoms with Gasteiger partial charge in [0.15, 0.2) is 5.43 Å². The number of aromatic nitrogens is 1. The molecule has 2 atom stereocenters. The predicted octanol–water partition coefficient (Wildman–Crippen LogP) is 1.36. The van der Waals surface area contributed by atoms with Gasteiger partial charge in [0.1, 0.15) is 0 Å². The number of amides is 1. The molecule has 5 nitrogen and oxygen atoms in total. The van der Waals surface area contributed by atoms with E-state index in [-0.39, 0.29) is 17.3 Å². The fourth-order valence-corrected chi connectivity index (χ4v) is 3.73. The van der Waals surface area contributed by atoms with E-state index in [1.165, 1.54) is 0 Å². The van der Waals surface area contributed by atoms with Crippen molar-refractivity contribution >= 4 is 28.4 Å². The van der Waals surface area contributed by atoms with Gasteiger partial charge < -0.3 is 10.3 Å². The van der Waals surface area contributed by atoms with Crippen LogP contribution in [0.2, 0.25) is 5.02 Å². The lowest BCUT2D eigenvalue weighted by atomic mass is 10.0. The number of rotatable bonds is 2. The highest BCUT2D eigenvalue weighted by Crippen LogP contribution is 2.28. The molecule has 0 aliphatic carbocycles. The van der Waals surface area contributed by atoms with Crippen molar-refractivity contribution < 1.29 is 4.79 Å². The lowest BCUT2D eigenvalue weighted by Crippen LogP contribution is -2.29. The van der Waals surface area contributed by atoms with Gasteiger partial charge in [-0.2, -0.15) is 0 Å². The molecule has 0 bridgehead atoms. The summed E-state index contributed by atoms with van der Waals surface area (Å²) in [7, 11) is 0.